The normalized spacial score (nSPS) is 27.3. The number of aromatic amines is 1. The van der Waals surface area contributed by atoms with Gasteiger partial charge in [0.2, 0.25) is 15.7 Å². The molecule has 1 saturated carbocycles. The van der Waals surface area contributed by atoms with Gasteiger partial charge in [0.05, 0.1) is 84.0 Å². The van der Waals surface area contributed by atoms with Crippen LogP contribution in [0.15, 0.2) is 76.7 Å². The number of anilines is 4. The second-order valence-electron chi connectivity index (χ2n) is 21.6. The van der Waals surface area contributed by atoms with Gasteiger partial charge in [0.1, 0.15) is 28.9 Å². The maximum Gasteiger partial charge on any atom is 0.297 e. The van der Waals surface area contributed by atoms with Gasteiger partial charge in [-0.15, -0.1) is 0 Å². The van der Waals surface area contributed by atoms with E-state index >= 15 is 8.42 Å². The first-order chi connectivity index (χ1) is 35.3. The summed E-state index contributed by atoms with van der Waals surface area (Å²) in [6, 6.07) is 18.4. The summed E-state index contributed by atoms with van der Waals surface area (Å²) in [5.74, 6) is -0.598. The fourth-order valence-electron chi connectivity index (χ4n) is 13.4. The lowest BCUT2D eigenvalue weighted by Gasteiger charge is -2.56. The molecule has 3 aromatic carbocycles. The number of hydrogen-bond donors (Lipinski definition) is 3. The Morgan fingerprint density at radius 1 is 0.918 bits per heavy atom. The molecule has 6 fully saturated rings. The average Bonchev–Trinajstić information content (AvgIpc) is 4.15. The van der Waals surface area contributed by atoms with Gasteiger partial charge in [-0.25, -0.2) is 8.42 Å². The predicted molar refractivity (Wildman–Crippen MR) is 271 cm³/mol. The number of piperidine rings is 1. The lowest BCUT2D eigenvalue weighted by Crippen LogP contribution is -2.62. The van der Waals surface area contributed by atoms with Crippen molar-refractivity contribution in [3.05, 3.63) is 93.7 Å². The molecule has 0 unspecified atom stereocenters. The number of H-pyrrole nitrogens is 1. The summed E-state index contributed by atoms with van der Waals surface area (Å²) in [4.78, 5) is 42.8. The van der Waals surface area contributed by atoms with Gasteiger partial charge in [0.15, 0.2) is 11.4 Å². The predicted octanol–water partition coefficient (Wildman–Crippen LogP) is 6.26. The number of sulfone groups is 1. The number of nitrogens with one attached hydrogen (secondary N) is 2. The Bertz CT molecular complexity index is 3130. The number of fused-ring (bicyclic) bond motifs is 4. The highest BCUT2D eigenvalue weighted by atomic mass is 32.2. The molecular formula is C53H61N9O10S. The zero-order valence-electron chi connectivity index (χ0n) is 41.0. The van der Waals surface area contributed by atoms with Crippen molar-refractivity contribution in [2.24, 2.45) is 11.1 Å². The molecule has 20 heteroatoms. The summed E-state index contributed by atoms with van der Waals surface area (Å²) in [6.45, 7) is 9.22. The number of benzene rings is 3. The molecule has 9 heterocycles. The lowest BCUT2D eigenvalue weighted by atomic mass is 9.59. The van der Waals surface area contributed by atoms with Crippen molar-refractivity contribution < 1.29 is 41.8 Å². The molecule has 8 aliphatic rings. The van der Waals surface area contributed by atoms with Crippen LogP contribution in [0.3, 0.4) is 0 Å². The van der Waals surface area contributed by atoms with E-state index in [9.17, 15) is 14.9 Å². The number of likely N-dealkylation sites (tertiary alicyclic amines) is 1. The first-order valence-electron chi connectivity index (χ1n) is 25.8. The molecule has 5 saturated heterocycles. The van der Waals surface area contributed by atoms with E-state index in [-0.39, 0.29) is 81.8 Å². The Balaban J connectivity index is 0.887. The molecule has 73 heavy (non-hydrogen) atoms. The molecule has 1 amide bonds. The minimum Gasteiger partial charge on any atom is -0.489 e. The number of nitrogens with two attached hydrogens (primary N) is 1. The van der Waals surface area contributed by atoms with Crippen LogP contribution in [0.2, 0.25) is 0 Å². The molecule has 0 radical (unpaired) electrons. The first-order valence-corrected chi connectivity index (χ1v) is 27.3. The fourth-order valence-corrected chi connectivity index (χ4v) is 15.1. The zero-order chi connectivity index (χ0) is 49.9. The monoisotopic (exact) mass is 1020 g/mol. The molecule has 6 atom stereocenters. The highest BCUT2D eigenvalue weighted by Crippen LogP contribution is 2.56. The Labute approximate surface area is 423 Å². The second-order valence-corrected chi connectivity index (χ2v) is 23.5. The van der Waals surface area contributed by atoms with Crippen molar-refractivity contribution in [1.82, 2.24) is 19.8 Å². The van der Waals surface area contributed by atoms with Gasteiger partial charge < -0.3 is 49.5 Å². The molecule has 7 aliphatic heterocycles. The molecule has 5 aromatic rings. The van der Waals surface area contributed by atoms with Crippen LogP contribution in [0.25, 0.3) is 11.0 Å². The van der Waals surface area contributed by atoms with Gasteiger partial charge in [-0.05, 0) is 99.7 Å². The van der Waals surface area contributed by atoms with Crippen molar-refractivity contribution in [3.63, 3.8) is 0 Å². The van der Waals surface area contributed by atoms with E-state index in [4.69, 9.17) is 34.4 Å². The number of amides is 1. The topological polar surface area (TPSA) is 220 Å². The summed E-state index contributed by atoms with van der Waals surface area (Å²) < 4.78 is 62.9. The van der Waals surface area contributed by atoms with Crippen LogP contribution in [0.1, 0.15) is 73.0 Å². The van der Waals surface area contributed by atoms with Crippen LogP contribution in [-0.4, -0.2) is 147 Å². The molecule has 384 valence electrons. The molecule has 0 bridgehead atoms. The van der Waals surface area contributed by atoms with Crippen LogP contribution >= 0.6 is 0 Å². The average molecular weight is 1020 g/mol. The molecule has 2 aromatic heterocycles. The van der Waals surface area contributed by atoms with Crippen LogP contribution < -0.4 is 30.3 Å². The van der Waals surface area contributed by atoms with Crippen molar-refractivity contribution >= 4 is 55.2 Å². The summed E-state index contributed by atoms with van der Waals surface area (Å²) in [5, 5.41) is 17.2. The highest BCUT2D eigenvalue weighted by Gasteiger charge is 2.52. The van der Waals surface area contributed by atoms with Crippen molar-refractivity contribution in [2.75, 3.05) is 80.9 Å². The van der Waals surface area contributed by atoms with E-state index in [0.29, 0.717) is 68.6 Å². The SMILES string of the molecule is Cc1ccccc1[C@@H]1CCCN1C1CC2(CCN(c3ccc(C(N)=O)c(N4c5cc6cc[nH]c6nc5O[C@H]5COC[C@@H]54)c3S(=O)(=O)c3cc4c(c([N+](=O)[O-])c3)N[C@@H]([C@H]3CN(C5COC5)[C@H](C)CO3)CO4)CC2)C1. The highest BCUT2D eigenvalue weighted by molar-refractivity contribution is 7.91. The van der Waals surface area contributed by atoms with Crippen molar-refractivity contribution in [3.8, 4) is 11.6 Å². The van der Waals surface area contributed by atoms with Crippen molar-refractivity contribution in [1.29, 1.82) is 0 Å². The number of nitro benzene ring substituents is 1. The Hall–Kier alpha value is -6.03. The van der Waals surface area contributed by atoms with Gasteiger partial charge in [0, 0.05) is 61.5 Å². The molecule has 1 aliphatic carbocycles. The summed E-state index contributed by atoms with van der Waals surface area (Å²) in [7, 11) is -4.80. The molecule has 13 rings (SSSR count). The van der Waals surface area contributed by atoms with E-state index in [1.165, 1.54) is 23.6 Å². The van der Waals surface area contributed by atoms with Crippen LogP contribution in [0.5, 0.6) is 11.6 Å². The van der Waals surface area contributed by atoms with Gasteiger partial charge in [-0.3, -0.25) is 24.7 Å². The number of morpholine rings is 1. The maximum atomic E-state index is 16.2. The van der Waals surface area contributed by atoms with Gasteiger partial charge >= 0.3 is 0 Å². The maximum absolute atomic E-state index is 16.2. The fraction of sp³-hybridized carbons (Fsp3) is 0.509. The molecular weight excluding hydrogens is 955 g/mol. The third-order valence-corrected chi connectivity index (χ3v) is 19.2. The Morgan fingerprint density at radius 2 is 1.73 bits per heavy atom. The minimum atomic E-state index is -4.80. The van der Waals surface area contributed by atoms with Crippen molar-refractivity contribution in [2.45, 2.75) is 111 Å². The molecule has 4 N–H and O–H groups in total. The summed E-state index contributed by atoms with van der Waals surface area (Å²) >= 11 is 0. The number of carbonyl (C=O) groups excluding carboxylic acids is 1. The third kappa shape index (κ3) is 7.81. The number of pyridine rings is 1. The second kappa shape index (κ2) is 17.8. The number of nitrogens with zero attached hydrogens (tertiary/aromatic N) is 6. The standard InChI is InChI=1S/C53H61N9O10S/c1-30-6-3-4-7-36(30)39-8-5-15-59(39)33-21-53(22-33)12-16-58(17-13-53)40-10-9-37(50(54)63)48(61-42-18-32-11-14-55-51(32)57-52(42)72-46-29-69-28-43(46)61)49(40)73(66,67)35-19-41(62(64)65)47-44(20-35)71-27-38(56-47)45-23-60(31(2)24-70-45)34-25-68-26-34/h3-4,6-7,9-11,14,18-20,31,33-34,38-39,43,45-46,56H,5,8,12-13,15-17,21-29H2,1-2H3,(H2,54,63)(H,55,57)/t31-,38-,39+,43+,45-,46+/m1/s1. The van der Waals surface area contributed by atoms with E-state index < -0.39 is 44.5 Å². The quantitative estimate of drug-likeness (QED) is 0.104. The van der Waals surface area contributed by atoms with Gasteiger partial charge in [0.25, 0.3) is 11.6 Å². The number of aromatic nitrogens is 2. The lowest BCUT2D eigenvalue weighted by molar-refractivity contribution is -0.384. The number of primary amides is 1. The largest absolute Gasteiger partial charge is 0.489 e. The molecule has 19 nitrogen and oxygen atoms in total. The number of carbonyl (C=O) groups is 1. The zero-order valence-corrected chi connectivity index (χ0v) is 41.9. The number of ether oxygens (including phenoxy) is 5. The number of hydrogen-bond acceptors (Lipinski definition) is 16. The number of nitro groups is 1. The van der Waals surface area contributed by atoms with Crippen LogP contribution in [0, 0.1) is 22.5 Å². The number of rotatable bonds is 10. The van der Waals surface area contributed by atoms with Crippen LogP contribution in [0.4, 0.5) is 28.4 Å². The van der Waals surface area contributed by atoms with E-state index in [1.807, 2.05) is 12.1 Å². The number of aryl methyl sites for hydroxylation is 1. The van der Waals surface area contributed by atoms with Gasteiger partial charge in [-0.2, -0.15) is 4.98 Å². The van der Waals surface area contributed by atoms with Gasteiger partial charge in [-0.1, -0.05) is 24.3 Å². The minimum absolute atomic E-state index is 0.0220. The Kier molecular flexibility index (Phi) is 11.4. The smallest absolute Gasteiger partial charge is 0.297 e. The van der Waals surface area contributed by atoms with Crippen LogP contribution in [-0.2, 0) is 24.0 Å². The van der Waals surface area contributed by atoms with E-state index in [2.05, 4.69) is 63.1 Å². The Morgan fingerprint density at radius 3 is 2.49 bits per heavy atom. The first kappa shape index (κ1) is 46.7. The summed E-state index contributed by atoms with van der Waals surface area (Å²) in [5.41, 5.74) is 10.1. The van der Waals surface area contributed by atoms with E-state index in [1.54, 1.807) is 23.2 Å². The summed E-state index contributed by atoms with van der Waals surface area (Å²) in [6.07, 6.45) is 6.96. The van der Waals surface area contributed by atoms with E-state index in [0.717, 1.165) is 50.1 Å². The molecule has 1 spiro atoms. The third-order valence-electron chi connectivity index (χ3n) is 17.4.